The quantitative estimate of drug-likeness (QED) is 0.370. The third-order valence-corrected chi connectivity index (χ3v) is 8.25. The van der Waals surface area contributed by atoms with Gasteiger partial charge in [0.15, 0.2) is 0 Å². The molecule has 2 amide bonds. The predicted molar refractivity (Wildman–Crippen MR) is 122 cm³/mol. The van der Waals surface area contributed by atoms with Crippen LogP contribution in [0.4, 0.5) is 0 Å². The normalized spacial score (nSPS) is 31.8. The molecule has 0 aromatic heterocycles. The van der Waals surface area contributed by atoms with Crippen molar-refractivity contribution < 1.29 is 19.1 Å². The highest BCUT2D eigenvalue weighted by atomic mass is 35.5. The van der Waals surface area contributed by atoms with Gasteiger partial charge in [0, 0.05) is 17.0 Å². The lowest BCUT2D eigenvalue weighted by Gasteiger charge is -2.37. The number of hydrogen-bond donors (Lipinski definition) is 0. The van der Waals surface area contributed by atoms with E-state index in [1.807, 2.05) is 42.5 Å². The van der Waals surface area contributed by atoms with Crippen molar-refractivity contribution in [3.05, 3.63) is 82.9 Å². The Morgan fingerprint density at radius 2 is 1.55 bits per heavy atom. The van der Waals surface area contributed by atoms with Gasteiger partial charge in [-0.25, -0.2) is 4.79 Å². The van der Waals surface area contributed by atoms with E-state index in [2.05, 4.69) is 12.2 Å². The molecule has 2 aromatic carbocycles. The molecular weight excluding hydrogens is 438 g/mol. The molecule has 6 heteroatoms. The molecule has 0 N–H and O–H groups in total. The average Bonchev–Trinajstić information content (AvgIpc) is 3.61. The lowest BCUT2D eigenvalue weighted by atomic mass is 9.63. The maximum absolute atomic E-state index is 13.6. The van der Waals surface area contributed by atoms with Crippen LogP contribution in [0.25, 0.3) is 0 Å². The van der Waals surface area contributed by atoms with Crippen LogP contribution in [0.1, 0.15) is 17.5 Å². The van der Waals surface area contributed by atoms with Crippen LogP contribution in [0.5, 0.6) is 0 Å². The predicted octanol–water partition coefficient (Wildman–Crippen LogP) is 4.05. The van der Waals surface area contributed by atoms with E-state index in [1.165, 1.54) is 4.90 Å². The summed E-state index contributed by atoms with van der Waals surface area (Å²) < 4.78 is 5.62. The molecule has 0 radical (unpaired) electrons. The standard InChI is InChI=1S/C27H24ClNO4/c28-21-9-5-4-8-16(21)14-33-27(32)22(12-15-6-2-1-3-7-15)29-25(30)23-17-10-11-18(20-13-19(17)20)24(23)26(29)31/h1-11,17-20,22-24H,12-14H2/t17-,18-,19-,20-,22-,23+,24+/m0/s1. The fraction of sp³-hybridized carbons (Fsp3) is 0.370. The Balaban J connectivity index is 1.29. The molecule has 2 saturated carbocycles. The van der Waals surface area contributed by atoms with Gasteiger partial charge in [-0.15, -0.1) is 0 Å². The lowest BCUT2D eigenvalue weighted by Crippen LogP contribution is -2.47. The Bertz CT molecular complexity index is 1130. The van der Waals surface area contributed by atoms with Gasteiger partial charge in [-0.05, 0) is 41.7 Å². The van der Waals surface area contributed by atoms with Crippen molar-refractivity contribution >= 4 is 29.4 Å². The highest BCUT2D eigenvalue weighted by Gasteiger charge is 2.68. The first kappa shape index (κ1) is 20.7. The van der Waals surface area contributed by atoms with Gasteiger partial charge < -0.3 is 4.74 Å². The number of benzene rings is 2. The van der Waals surface area contributed by atoms with Gasteiger partial charge in [-0.2, -0.15) is 0 Å². The summed E-state index contributed by atoms with van der Waals surface area (Å²) in [7, 11) is 0. The van der Waals surface area contributed by atoms with Crippen LogP contribution < -0.4 is 0 Å². The maximum atomic E-state index is 13.6. The minimum atomic E-state index is -0.990. The smallest absolute Gasteiger partial charge is 0.330 e. The molecule has 1 saturated heterocycles. The van der Waals surface area contributed by atoms with E-state index < -0.39 is 12.0 Å². The molecule has 3 fully saturated rings. The molecule has 7 rings (SSSR count). The summed E-state index contributed by atoms with van der Waals surface area (Å²) in [6, 6.07) is 15.6. The van der Waals surface area contributed by atoms with Gasteiger partial charge in [0.2, 0.25) is 11.8 Å². The number of amides is 2. The number of halogens is 1. The zero-order chi connectivity index (χ0) is 22.7. The first-order valence-electron chi connectivity index (χ1n) is 11.5. The molecule has 5 aliphatic rings. The van der Waals surface area contributed by atoms with E-state index in [-0.39, 0.29) is 48.5 Å². The molecule has 2 aromatic rings. The summed E-state index contributed by atoms with van der Waals surface area (Å²) in [5.74, 6) is -0.446. The van der Waals surface area contributed by atoms with Gasteiger partial charge in [-0.3, -0.25) is 14.5 Å². The molecule has 7 atom stereocenters. The van der Waals surface area contributed by atoms with E-state index >= 15 is 0 Å². The molecule has 1 aliphatic heterocycles. The second-order valence-corrected chi connectivity index (χ2v) is 10.0. The number of rotatable bonds is 6. The number of nitrogens with zero attached hydrogens (tertiary/aromatic N) is 1. The van der Waals surface area contributed by atoms with E-state index in [1.54, 1.807) is 12.1 Å². The number of carbonyl (C=O) groups excluding carboxylic acids is 3. The van der Waals surface area contributed by atoms with E-state index in [0.717, 1.165) is 12.0 Å². The largest absolute Gasteiger partial charge is 0.459 e. The van der Waals surface area contributed by atoms with Gasteiger partial charge in [0.1, 0.15) is 12.6 Å². The van der Waals surface area contributed by atoms with Crippen LogP contribution >= 0.6 is 11.6 Å². The SMILES string of the molecule is O=C(OCc1ccccc1Cl)[C@H](Cc1ccccc1)N1C(=O)[C@@H]2[C@H]3C=C[C@@H]([C@@H]4C[C@@H]34)[C@H]2C1=O. The fourth-order valence-electron chi connectivity index (χ4n) is 6.27. The Hall–Kier alpha value is -2.92. The average molecular weight is 462 g/mol. The summed E-state index contributed by atoms with van der Waals surface area (Å²) in [5, 5.41) is 0.506. The van der Waals surface area contributed by atoms with Crippen molar-refractivity contribution in [1.29, 1.82) is 0 Å². The van der Waals surface area contributed by atoms with Crippen molar-refractivity contribution in [3.63, 3.8) is 0 Å². The second kappa shape index (κ2) is 7.84. The first-order valence-corrected chi connectivity index (χ1v) is 11.9. The second-order valence-electron chi connectivity index (χ2n) is 9.61. The third kappa shape index (κ3) is 3.33. The van der Waals surface area contributed by atoms with Crippen molar-refractivity contribution in [1.82, 2.24) is 4.90 Å². The van der Waals surface area contributed by atoms with Crippen molar-refractivity contribution in [2.24, 2.45) is 35.5 Å². The molecular formula is C27H24ClNO4. The van der Waals surface area contributed by atoms with Crippen LogP contribution in [0.2, 0.25) is 5.02 Å². The summed E-state index contributed by atoms with van der Waals surface area (Å²) in [4.78, 5) is 41.8. The van der Waals surface area contributed by atoms with E-state index in [0.29, 0.717) is 22.4 Å². The van der Waals surface area contributed by atoms with E-state index in [4.69, 9.17) is 16.3 Å². The highest BCUT2D eigenvalue weighted by molar-refractivity contribution is 6.31. The Labute approximate surface area is 197 Å². The molecule has 0 unspecified atom stereocenters. The molecule has 5 nitrogen and oxygen atoms in total. The minimum absolute atomic E-state index is 0.0101. The summed E-state index contributed by atoms with van der Waals surface area (Å²) in [5.41, 5.74) is 1.55. The number of hydrogen-bond acceptors (Lipinski definition) is 4. The van der Waals surface area contributed by atoms with Gasteiger partial charge in [0.25, 0.3) is 0 Å². The van der Waals surface area contributed by atoms with Crippen LogP contribution in [0.3, 0.4) is 0 Å². The fourth-order valence-corrected chi connectivity index (χ4v) is 6.46. The number of ether oxygens (including phenoxy) is 1. The number of likely N-dealkylation sites (tertiary alicyclic amines) is 1. The monoisotopic (exact) mass is 461 g/mol. The maximum Gasteiger partial charge on any atom is 0.330 e. The van der Waals surface area contributed by atoms with Gasteiger partial charge in [-0.1, -0.05) is 72.3 Å². The topological polar surface area (TPSA) is 63.7 Å². The number of esters is 1. The summed E-state index contributed by atoms with van der Waals surface area (Å²) >= 11 is 6.21. The van der Waals surface area contributed by atoms with Crippen LogP contribution in [0, 0.1) is 35.5 Å². The van der Waals surface area contributed by atoms with Crippen LogP contribution in [0.15, 0.2) is 66.7 Å². The molecule has 1 heterocycles. The molecule has 0 spiro atoms. The van der Waals surface area contributed by atoms with Crippen LogP contribution in [-0.4, -0.2) is 28.7 Å². The van der Waals surface area contributed by atoms with Crippen LogP contribution in [-0.2, 0) is 32.1 Å². The highest BCUT2D eigenvalue weighted by Crippen LogP contribution is 2.65. The number of carbonyl (C=O) groups is 3. The van der Waals surface area contributed by atoms with Crippen molar-refractivity contribution in [2.45, 2.75) is 25.5 Å². The van der Waals surface area contributed by atoms with Gasteiger partial charge >= 0.3 is 5.97 Å². The zero-order valence-corrected chi connectivity index (χ0v) is 18.7. The number of imide groups is 1. The molecule has 4 aliphatic carbocycles. The number of allylic oxidation sites excluding steroid dienone is 2. The van der Waals surface area contributed by atoms with Crippen molar-refractivity contribution in [2.75, 3.05) is 0 Å². The van der Waals surface area contributed by atoms with Crippen molar-refractivity contribution in [3.8, 4) is 0 Å². The zero-order valence-electron chi connectivity index (χ0n) is 18.0. The van der Waals surface area contributed by atoms with E-state index in [9.17, 15) is 14.4 Å². The van der Waals surface area contributed by atoms with Gasteiger partial charge in [0.05, 0.1) is 11.8 Å². The Kier molecular flexibility index (Phi) is 4.91. The Morgan fingerprint density at radius 1 is 0.939 bits per heavy atom. The molecule has 2 bridgehead atoms. The minimum Gasteiger partial charge on any atom is -0.459 e. The molecule has 168 valence electrons. The first-order chi connectivity index (χ1) is 16.0. The summed E-state index contributed by atoms with van der Waals surface area (Å²) in [6.07, 6.45) is 5.60. The Morgan fingerprint density at radius 3 is 2.18 bits per heavy atom. The third-order valence-electron chi connectivity index (χ3n) is 7.88. The lowest BCUT2D eigenvalue weighted by molar-refractivity contribution is -0.160. The molecule has 33 heavy (non-hydrogen) atoms. The summed E-state index contributed by atoms with van der Waals surface area (Å²) in [6.45, 7) is -0.0101.